The number of amides is 2. The van der Waals surface area contributed by atoms with Crippen LogP contribution in [0.3, 0.4) is 0 Å². The van der Waals surface area contributed by atoms with Crippen molar-refractivity contribution in [2.45, 2.75) is 0 Å². The fraction of sp³-hybridized carbons (Fsp3) is 0.300. The molecule has 0 saturated carbocycles. The van der Waals surface area contributed by atoms with E-state index < -0.39 is 0 Å². The van der Waals surface area contributed by atoms with Gasteiger partial charge < -0.3 is 15.0 Å². The van der Waals surface area contributed by atoms with E-state index in [2.05, 4.69) is 5.32 Å². The van der Waals surface area contributed by atoms with Gasteiger partial charge in [0.25, 0.3) is 5.91 Å². The van der Waals surface area contributed by atoms with Crippen molar-refractivity contribution in [2.75, 3.05) is 45.2 Å². The van der Waals surface area contributed by atoms with Crippen molar-refractivity contribution in [2.24, 2.45) is 0 Å². The predicted molar refractivity (Wildman–Crippen MR) is 100 cm³/mol. The number of piperazine rings is 1. The van der Waals surface area contributed by atoms with Crippen molar-refractivity contribution < 1.29 is 18.7 Å². The largest absolute Gasteiger partial charge is 0.497 e. The van der Waals surface area contributed by atoms with Gasteiger partial charge in [0.2, 0.25) is 5.91 Å². The summed E-state index contributed by atoms with van der Waals surface area (Å²) in [6.45, 7) is 2.58. The zero-order chi connectivity index (χ0) is 19.2. The van der Waals surface area contributed by atoms with Gasteiger partial charge in [0.15, 0.2) is 0 Å². The number of hydrogen-bond donors (Lipinski definition) is 1. The summed E-state index contributed by atoms with van der Waals surface area (Å²) in [5.74, 6) is 0.111. The first-order valence-corrected chi connectivity index (χ1v) is 8.76. The van der Waals surface area contributed by atoms with Gasteiger partial charge >= 0.3 is 0 Å². The highest BCUT2D eigenvalue weighted by Crippen LogP contribution is 2.15. The smallest absolute Gasteiger partial charge is 0.254 e. The number of halogens is 1. The summed E-state index contributed by atoms with van der Waals surface area (Å²) in [5, 5.41) is 2.75. The molecule has 7 heteroatoms. The molecular weight excluding hydrogens is 349 g/mol. The average Bonchev–Trinajstić information content (AvgIpc) is 2.70. The lowest BCUT2D eigenvalue weighted by Crippen LogP contribution is -2.50. The van der Waals surface area contributed by atoms with E-state index in [-0.39, 0.29) is 24.2 Å². The summed E-state index contributed by atoms with van der Waals surface area (Å²) >= 11 is 0. The zero-order valence-corrected chi connectivity index (χ0v) is 15.2. The van der Waals surface area contributed by atoms with Crippen LogP contribution in [0.1, 0.15) is 10.4 Å². The molecule has 0 aromatic heterocycles. The van der Waals surface area contributed by atoms with Crippen LogP contribution >= 0.6 is 0 Å². The maximum atomic E-state index is 12.9. The normalized spacial score (nSPS) is 14.7. The van der Waals surface area contributed by atoms with Gasteiger partial charge in [-0.15, -0.1) is 0 Å². The number of anilines is 1. The Labute approximate surface area is 157 Å². The van der Waals surface area contributed by atoms with Crippen LogP contribution in [0.4, 0.5) is 10.1 Å². The molecule has 6 nitrogen and oxygen atoms in total. The quantitative estimate of drug-likeness (QED) is 0.876. The van der Waals surface area contributed by atoms with E-state index in [0.29, 0.717) is 43.2 Å². The lowest BCUT2D eigenvalue weighted by atomic mass is 10.1. The molecule has 0 aliphatic carbocycles. The van der Waals surface area contributed by atoms with E-state index in [0.717, 1.165) is 0 Å². The highest BCUT2D eigenvalue weighted by molar-refractivity contribution is 5.95. The van der Waals surface area contributed by atoms with Gasteiger partial charge in [-0.1, -0.05) is 6.07 Å². The zero-order valence-electron chi connectivity index (χ0n) is 15.2. The van der Waals surface area contributed by atoms with Gasteiger partial charge in [-0.25, -0.2) is 4.39 Å². The van der Waals surface area contributed by atoms with E-state index in [4.69, 9.17) is 4.74 Å². The molecule has 2 amide bonds. The number of nitrogens with one attached hydrogen (secondary N) is 1. The number of ether oxygens (including phenoxy) is 1. The Morgan fingerprint density at radius 2 is 1.78 bits per heavy atom. The van der Waals surface area contributed by atoms with Crippen LogP contribution in [0.25, 0.3) is 0 Å². The molecule has 3 rings (SSSR count). The summed E-state index contributed by atoms with van der Waals surface area (Å²) in [6, 6.07) is 12.8. The third-order valence-electron chi connectivity index (χ3n) is 4.47. The maximum absolute atomic E-state index is 12.9. The minimum absolute atomic E-state index is 0.0377. The summed E-state index contributed by atoms with van der Waals surface area (Å²) in [5.41, 5.74) is 1.16. The molecule has 2 aromatic rings. The standard InChI is InChI=1S/C20H22FN3O3/c1-27-18-4-2-3-15(13-18)20(26)24-11-9-23(10-12-24)14-19(25)22-17-7-5-16(21)6-8-17/h2-8,13H,9-12,14H2,1H3,(H,22,25). The van der Waals surface area contributed by atoms with E-state index in [9.17, 15) is 14.0 Å². The first kappa shape index (κ1) is 18.8. The van der Waals surface area contributed by atoms with Crippen LogP contribution in [0.5, 0.6) is 5.75 Å². The molecule has 0 bridgehead atoms. The second-order valence-corrected chi connectivity index (χ2v) is 6.36. The molecule has 1 aliphatic heterocycles. The van der Waals surface area contributed by atoms with Crippen LogP contribution in [0, 0.1) is 5.82 Å². The number of nitrogens with zero attached hydrogens (tertiary/aromatic N) is 2. The summed E-state index contributed by atoms with van der Waals surface area (Å²) < 4.78 is 18.1. The van der Waals surface area contributed by atoms with Crippen molar-refractivity contribution in [3.63, 3.8) is 0 Å². The Kier molecular flexibility index (Phi) is 6.03. The molecule has 2 aromatic carbocycles. The highest BCUT2D eigenvalue weighted by atomic mass is 19.1. The Morgan fingerprint density at radius 1 is 1.07 bits per heavy atom. The predicted octanol–water partition coefficient (Wildman–Crippen LogP) is 2.23. The second kappa shape index (κ2) is 8.64. The van der Waals surface area contributed by atoms with Gasteiger partial charge in [-0.05, 0) is 42.5 Å². The molecule has 142 valence electrons. The third-order valence-corrected chi connectivity index (χ3v) is 4.47. The summed E-state index contributed by atoms with van der Waals surface area (Å²) in [4.78, 5) is 28.5. The van der Waals surface area contributed by atoms with Crippen LogP contribution in [0.2, 0.25) is 0 Å². The molecule has 1 N–H and O–H groups in total. The molecule has 27 heavy (non-hydrogen) atoms. The topological polar surface area (TPSA) is 61.9 Å². The number of benzene rings is 2. The number of carbonyl (C=O) groups excluding carboxylic acids is 2. The van der Waals surface area contributed by atoms with Gasteiger partial charge in [0, 0.05) is 37.4 Å². The minimum atomic E-state index is -0.343. The fourth-order valence-corrected chi connectivity index (χ4v) is 2.98. The molecule has 1 aliphatic rings. The van der Waals surface area contributed by atoms with Crippen molar-refractivity contribution in [1.82, 2.24) is 9.80 Å². The maximum Gasteiger partial charge on any atom is 0.254 e. The van der Waals surface area contributed by atoms with Crippen LogP contribution < -0.4 is 10.1 Å². The number of rotatable bonds is 5. The first-order chi connectivity index (χ1) is 13.0. The Balaban J connectivity index is 1.48. The molecule has 0 radical (unpaired) electrons. The van der Waals surface area contributed by atoms with E-state index in [1.54, 1.807) is 36.3 Å². The molecular formula is C20H22FN3O3. The van der Waals surface area contributed by atoms with Crippen LogP contribution in [0.15, 0.2) is 48.5 Å². The molecule has 1 fully saturated rings. The van der Waals surface area contributed by atoms with E-state index >= 15 is 0 Å². The first-order valence-electron chi connectivity index (χ1n) is 8.76. The van der Waals surface area contributed by atoms with Crippen molar-refractivity contribution in [3.8, 4) is 5.75 Å². The Morgan fingerprint density at radius 3 is 2.44 bits per heavy atom. The van der Waals surface area contributed by atoms with Crippen molar-refractivity contribution in [1.29, 1.82) is 0 Å². The monoisotopic (exact) mass is 371 g/mol. The summed E-state index contributed by atoms with van der Waals surface area (Å²) in [6.07, 6.45) is 0. The molecule has 0 unspecified atom stereocenters. The molecule has 0 atom stereocenters. The molecule has 1 heterocycles. The second-order valence-electron chi connectivity index (χ2n) is 6.36. The minimum Gasteiger partial charge on any atom is -0.497 e. The fourth-order valence-electron chi connectivity index (χ4n) is 2.98. The number of hydrogen-bond acceptors (Lipinski definition) is 4. The van der Waals surface area contributed by atoms with Gasteiger partial charge in [0.1, 0.15) is 11.6 Å². The van der Waals surface area contributed by atoms with Gasteiger partial charge in [-0.3, -0.25) is 14.5 Å². The number of carbonyl (C=O) groups is 2. The number of methoxy groups -OCH3 is 1. The van der Waals surface area contributed by atoms with Crippen molar-refractivity contribution >= 4 is 17.5 Å². The molecule has 0 spiro atoms. The van der Waals surface area contributed by atoms with Crippen molar-refractivity contribution in [3.05, 3.63) is 59.9 Å². The Hall–Kier alpha value is -2.93. The van der Waals surface area contributed by atoms with Gasteiger partial charge in [-0.2, -0.15) is 0 Å². The lowest BCUT2D eigenvalue weighted by Gasteiger charge is -2.34. The SMILES string of the molecule is COc1cccc(C(=O)N2CCN(CC(=O)Nc3ccc(F)cc3)CC2)c1. The van der Waals surface area contributed by atoms with Gasteiger partial charge in [0.05, 0.1) is 13.7 Å². The third kappa shape index (κ3) is 5.04. The van der Waals surface area contributed by atoms with Crippen LogP contribution in [-0.4, -0.2) is 61.4 Å². The van der Waals surface area contributed by atoms with E-state index in [1.807, 2.05) is 4.90 Å². The molecule has 1 saturated heterocycles. The average molecular weight is 371 g/mol. The Bertz CT molecular complexity index is 802. The summed E-state index contributed by atoms with van der Waals surface area (Å²) in [7, 11) is 1.57. The lowest BCUT2D eigenvalue weighted by molar-refractivity contribution is -0.117. The van der Waals surface area contributed by atoms with Crippen LogP contribution in [-0.2, 0) is 4.79 Å². The highest BCUT2D eigenvalue weighted by Gasteiger charge is 2.23. The van der Waals surface area contributed by atoms with E-state index in [1.165, 1.54) is 24.3 Å².